The Hall–Kier alpha value is -3.24. The molecule has 1 amide bonds. The van der Waals surface area contributed by atoms with Gasteiger partial charge in [-0.2, -0.15) is 10.2 Å². The van der Waals surface area contributed by atoms with Crippen molar-refractivity contribution in [2.24, 2.45) is 7.05 Å². The number of nitrogens with zero attached hydrogens (tertiary/aromatic N) is 5. The molecule has 0 aliphatic heterocycles. The van der Waals surface area contributed by atoms with Crippen LogP contribution in [0, 0.1) is 17.0 Å². The number of aromatic nitrogens is 4. The summed E-state index contributed by atoms with van der Waals surface area (Å²) in [6, 6.07) is 0. The van der Waals surface area contributed by atoms with E-state index < -0.39 is 16.8 Å². The molecule has 0 aliphatic carbocycles. The monoisotopic (exact) mass is 322 g/mol. The zero-order valence-electron chi connectivity index (χ0n) is 12.4. The highest BCUT2D eigenvalue weighted by Gasteiger charge is 2.18. The fourth-order valence-corrected chi connectivity index (χ4v) is 2.01. The van der Waals surface area contributed by atoms with Gasteiger partial charge in [-0.15, -0.1) is 0 Å². The van der Waals surface area contributed by atoms with Crippen molar-refractivity contribution in [3.8, 4) is 0 Å². The number of hydrogen-bond acceptors (Lipinski definition) is 6. The van der Waals surface area contributed by atoms with Crippen LogP contribution >= 0.6 is 0 Å². The number of aryl methyl sites for hydroxylation is 3. The first-order valence-corrected chi connectivity index (χ1v) is 6.53. The van der Waals surface area contributed by atoms with Crippen LogP contribution in [0.2, 0.25) is 0 Å². The van der Waals surface area contributed by atoms with E-state index in [1.807, 2.05) is 0 Å². The largest absolute Gasteiger partial charge is 0.476 e. The number of nitrogens with one attached hydrogen (secondary N) is 1. The molecule has 0 aliphatic rings. The van der Waals surface area contributed by atoms with Crippen LogP contribution < -0.4 is 5.32 Å². The number of amides is 1. The van der Waals surface area contributed by atoms with Gasteiger partial charge < -0.3 is 10.4 Å². The summed E-state index contributed by atoms with van der Waals surface area (Å²) in [4.78, 5) is 33.1. The van der Waals surface area contributed by atoms with Crippen molar-refractivity contribution in [1.29, 1.82) is 0 Å². The Morgan fingerprint density at radius 1 is 1.48 bits per heavy atom. The van der Waals surface area contributed by atoms with Crippen molar-refractivity contribution >= 4 is 23.3 Å². The number of aromatic carboxylic acids is 1. The number of carbonyl (C=O) groups excluding carboxylic acids is 1. The maximum Gasteiger partial charge on any atom is 0.356 e. The molecular formula is C12H14N6O5. The molecule has 23 heavy (non-hydrogen) atoms. The molecule has 0 saturated heterocycles. The Morgan fingerprint density at radius 3 is 2.74 bits per heavy atom. The molecule has 0 spiro atoms. The molecule has 0 bridgehead atoms. The first-order chi connectivity index (χ1) is 10.8. The molecule has 0 fully saturated rings. The molecule has 2 N–H and O–H groups in total. The second-order valence-corrected chi connectivity index (χ2v) is 4.75. The fourth-order valence-electron chi connectivity index (χ4n) is 2.01. The van der Waals surface area contributed by atoms with Crippen LogP contribution in [-0.4, -0.2) is 41.5 Å². The van der Waals surface area contributed by atoms with E-state index in [1.165, 1.54) is 31.0 Å². The van der Waals surface area contributed by atoms with Crippen molar-refractivity contribution in [3.63, 3.8) is 0 Å². The van der Waals surface area contributed by atoms with Gasteiger partial charge in [0, 0.05) is 20.0 Å². The lowest BCUT2D eigenvalue weighted by molar-refractivity contribution is -0.385. The second kappa shape index (κ2) is 6.25. The summed E-state index contributed by atoms with van der Waals surface area (Å²) in [5.41, 5.74) is 0.0956. The Bertz CT molecular complexity index is 777. The van der Waals surface area contributed by atoms with Crippen molar-refractivity contribution in [2.45, 2.75) is 19.9 Å². The molecule has 0 saturated carbocycles. The van der Waals surface area contributed by atoms with Crippen molar-refractivity contribution in [1.82, 2.24) is 19.6 Å². The number of anilines is 1. The smallest absolute Gasteiger partial charge is 0.356 e. The average Bonchev–Trinajstić information content (AvgIpc) is 3.00. The van der Waals surface area contributed by atoms with Gasteiger partial charge in [-0.25, -0.2) is 4.79 Å². The second-order valence-electron chi connectivity index (χ2n) is 4.75. The van der Waals surface area contributed by atoms with E-state index in [2.05, 4.69) is 15.5 Å². The van der Waals surface area contributed by atoms with E-state index in [4.69, 9.17) is 5.11 Å². The predicted molar refractivity (Wildman–Crippen MR) is 77.0 cm³/mol. The Labute approximate surface area is 129 Å². The summed E-state index contributed by atoms with van der Waals surface area (Å²) < 4.78 is 2.44. The van der Waals surface area contributed by atoms with E-state index in [-0.39, 0.29) is 35.7 Å². The molecule has 0 atom stereocenters. The average molecular weight is 322 g/mol. The Morgan fingerprint density at radius 2 is 2.17 bits per heavy atom. The zero-order valence-corrected chi connectivity index (χ0v) is 12.4. The molecule has 2 aromatic rings. The molecular weight excluding hydrogens is 308 g/mol. The van der Waals surface area contributed by atoms with E-state index >= 15 is 0 Å². The van der Waals surface area contributed by atoms with Crippen LogP contribution in [0.15, 0.2) is 12.4 Å². The zero-order chi connectivity index (χ0) is 17.1. The van der Waals surface area contributed by atoms with Gasteiger partial charge in [0.2, 0.25) is 5.91 Å². The van der Waals surface area contributed by atoms with Gasteiger partial charge in [0.05, 0.1) is 16.8 Å². The predicted octanol–water partition coefficient (Wildman–Crippen LogP) is 0.560. The minimum Gasteiger partial charge on any atom is -0.476 e. The lowest BCUT2D eigenvalue weighted by atomic mass is 10.3. The highest BCUT2D eigenvalue weighted by molar-refractivity contribution is 5.99. The number of nitro groups is 1. The number of hydrogen-bond donors (Lipinski definition) is 2. The van der Waals surface area contributed by atoms with Gasteiger partial charge in [0.15, 0.2) is 5.69 Å². The highest BCUT2D eigenvalue weighted by atomic mass is 16.6. The lowest BCUT2D eigenvalue weighted by Gasteiger charge is -2.05. The number of carboxylic acid groups (broad SMARTS) is 1. The minimum atomic E-state index is -1.21. The third kappa shape index (κ3) is 3.51. The van der Waals surface area contributed by atoms with Gasteiger partial charge in [-0.05, 0) is 6.92 Å². The number of rotatable bonds is 6. The molecule has 11 nitrogen and oxygen atoms in total. The molecule has 11 heteroatoms. The first-order valence-electron chi connectivity index (χ1n) is 6.53. The Kier molecular flexibility index (Phi) is 4.39. The van der Waals surface area contributed by atoms with E-state index in [0.29, 0.717) is 0 Å². The maximum atomic E-state index is 11.9. The quantitative estimate of drug-likeness (QED) is 0.583. The molecule has 122 valence electrons. The van der Waals surface area contributed by atoms with E-state index in [9.17, 15) is 19.7 Å². The summed E-state index contributed by atoms with van der Waals surface area (Å²) in [6.07, 6.45) is 2.46. The summed E-state index contributed by atoms with van der Waals surface area (Å²) >= 11 is 0. The fraction of sp³-hybridized carbons (Fsp3) is 0.333. The van der Waals surface area contributed by atoms with Crippen LogP contribution in [-0.2, 0) is 18.4 Å². The Balaban J connectivity index is 2.00. The summed E-state index contributed by atoms with van der Waals surface area (Å²) in [7, 11) is 1.45. The normalized spacial score (nSPS) is 10.5. The minimum absolute atomic E-state index is 0.0216. The molecule has 0 unspecified atom stereocenters. The molecule has 2 heterocycles. The molecule has 2 aromatic heterocycles. The third-order valence-corrected chi connectivity index (χ3v) is 3.10. The summed E-state index contributed by atoms with van der Waals surface area (Å²) in [5, 5.41) is 29.9. The summed E-state index contributed by atoms with van der Waals surface area (Å²) in [6.45, 7) is 1.63. The molecule has 0 radical (unpaired) electrons. The molecule has 2 rings (SSSR count). The van der Waals surface area contributed by atoms with Crippen molar-refractivity contribution < 1.29 is 19.6 Å². The van der Waals surface area contributed by atoms with Gasteiger partial charge in [0.1, 0.15) is 11.9 Å². The van der Waals surface area contributed by atoms with E-state index in [0.717, 1.165) is 4.68 Å². The van der Waals surface area contributed by atoms with Gasteiger partial charge in [-0.3, -0.25) is 24.3 Å². The van der Waals surface area contributed by atoms with Crippen LogP contribution in [0.1, 0.15) is 22.6 Å². The van der Waals surface area contributed by atoms with E-state index in [1.54, 1.807) is 0 Å². The topological polar surface area (TPSA) is 145 Å². The van der Waals surface area contributed by atoms with Gasteiger partial charge >= 0.3 is 11.7 Å². The van der Waals surface area contributed by atoms with Crippen LogP contribution in [0.5, 0.6) is 0 Å². The van der Waals surface area contributed by atoms with Gasteiger partial charge in [-0.1, -0.05) is 0 Å². The summed E-state index contributed by atoms with van der Waals surface area (Å²) in [5.74, 6) is -1.66. The van der Waals surface area contributed by atoms with Crippen LogP contribution in [0.25, 0.3) is 0 Å². The molecule has 0 aromatic carbocycles. The highest BCUT2D eigenvalue weighted by Crippen LogP contribution is 2.16. The van der Waals surface area contributed by atoms with Crippen molar-refractivity contribution in [2.75, 3.05) is 5.32 Å². The lowest BCUT2D eigenvalue weighted by Crippen LogP contribution is -2.17. The number of carbonyl (C=O) groups is 2. The SMILES string of the molecule is Cc1nn(CCC(=O)Nc2cnn(C)c2C(=O)O)cc1[N+](=O)[O-]. The number of carboxylic acids is 1. The maximum absolute atomic E-state index is 11.9. The van der Waals surface area contributed by atoms with Crippen molar-refractivity contribution in [3.05, 3.63) is 33.9 Å². The third-order valence-electron chi connectivity index (χ3n) is 3.10. The van der Waals surface area contributed by atoms with Crippen LogP contribution in [0.3, 0.4) is 0 Å². The van der Waals surface area contributed by atoms with Crippen LogP contribution in [0.4, 0.5) is 11.4 Å². The van der Waals surface area contributed by atoms with Gasteiger partial charge in [0.25, 0.3) is 0 Å². The first kappa shape index (κ1) is 16.1. The standard InChI is InChI=1S/C12H14N6O5/c1-7-9(18(22)23)6-17(15-7)4-3-10(19)14-8-5-13-16(2)11(8)12(20)21/h5-6H,3-4H2,1-2H3,(H,14,19)(H,20,21).